The van der Waals surface area contributed by atoms with Crippen molar-refractivity contribution in [2.24, 2.45) is 38.7 Å². The first-order valence-electron chi connectivity index (χ1n) is 11.1. The molecule has 0 radical (unpaired) electrons. The van der Waals surface area contributed by atoms with Crippen LogP contribution in [0.2, 0.25) is 0 Å². The normalized spacial score (nSPS) is 14.8. The molecule has 0 spiro atoms. The third-order valence-electron chi connectivity index (χ3n) is 4.74. The Morgan fingerprint density at radius 2 is 1.33 bits per heavy atom. The van der Waals surface area contributed by atoms with E-state index in [1.807, 2.05) is 0 Å². The second kappa shape index (κ2) is 17.2. The van der Waals surface area contributed by atoms with Gasteiger partial charge in [-0.1, -0.05) is 0 Å². The zero-order chi connectivity index (χ0) is 27.8. The maximum atomic E-state index is 12.7. The van der Waals surface area contributed by atoms with Gasteiger partial charge in [0.1, 0.15) is 18.1 Å². The Balaban J connectivity index is 5.06. The van der Waals surface area contributed by atoms with Crippen LogP contribution in [0.1, 0.15) is 32.6 Å². The van der Waals surface area contributed by atoms with Gasteiger partial charge in [-0.2, -0.15) is 12.6 Å². The summed E-state index contributed by atoms with van der Waals surface area (Å²) < 4.78 is 0. The van der Waals surface area contributed by atoms with Crippen LogP contribution in [-0.2, 0) is 19.2 Å². The van der Waals surface area contributed by atoms with Crippen LogP contribution in [0.5, 0.6) is 0 Å². The molecule has 36 heavy (non-hydrogen) atoms. The van der Waals surface area contributed by atoms with Gasteiger partial charge in [0.25, 0.3) is 0 Å². The van der Waals surface area contributed by atoms with E-state index in [4.69, 9.17) is 28.7 Å². The van der Waals surface area contributed by atoms with Crippen LogP contribution < -0.4 is 44.6 Å². The highest BCUT2D eigenvalue weighted by molar-refractivity contribution is 7.80. The number of rotatable bonds is 17. The van der Waals surface area contributed by atoms with E-state index in [0.717, 1.165) is 0 Å². The lowest BCUT2D eigenvalue weighted by atomic mass is 10.1. The third kappa shape index (κ3) is 13.5. The van der Waals surface area contributed by atoms with E-state index >= 15 is 0 Å². The van der Waals surface area contributed by atoms with E-state index in [2.05, 4.69) is 38.6 Å². The van der Waals surface area contributed by atoms with Gasteiger partial charge in [0.2, 0.25) is 17.7 Å². The number of aliphatic hydroxyl groups is 1. The minimum Gasteiger partial charge on any atom is -0.480 e. The maximum Gasteiger partial charge on any atom is 0.326 e. The Labute approximate surface area is 214 Å². The number of thiol groups is 1. The van der Waals surface area contributed by atoms with Crippen molar-refractivity contribution in [3.63, 3.8) is 0 Å². The standard InChI is InChI=1S/C19H38N10O6S/c1-9(30)13(29-14(31)10(20)4-2-6-25-18(21)22)16(33)28-12(8-36)15(32)27-11(17(34)35)5-3-7-26-19(23)24/h9-13,30,36H,2-8,20H2,1H3,(H,27,32)(H,28,33)(H,29,31)(H,34,35)(H4,21,22,25)(H4,23,24,26). The second-order valence-corrected chi connectivity index (χ2v) is 8.24. The lowest BCUT2D eigenvalue weighted by Crippen LogP contribution is -2.60. The summed E-state index contributed by atoms with van der Waals surface area (Å²) in [6.45, 7) is 1.69. The zero-order valence-electron chi connectivity index (χ0n) is 20.1. The summed E-state index contributed by atoms with van der Waals surface area (Å²) in [4.78, 5) is 56.7. The first-order chi connectivity index (χ1) is 16.8. The molecule has 17 heteroatoms. The summed E-state index contributed by atoms with van der Waals surface area (Å²) in [7, 11) is 0. The van der Waals surface area contributed by atoms with Gasteiger partial charge in [-0.3, -0.25) is 24.4 Å². The number of guanidine groups is 2. The fraction of sp³-hybridized carbons (Fsp3) is 0.684. The number of carboxylic acids is 1. The molecule has 0 aromatic rings. The molecule has 0 saturated heterocycles. The molecule has 0 aromatic heterocycles. The monoisotopic (exact) mass is 534 g/mol. The maximum absolute atomic E-state index is 12.7. The van der Waals surface area contributed by atoms with Crippen molar-refractivity contribution < 1.29 is 29.4 Å². The fourth-order valence-corrected chi connectivity index (χ4v) is 3.06. The quantitative estimate of drug-likeness (QED) is 0.0364. The number of carbonyl (C=O) groups excluding carboxylic acids is 3. The summed E-state index contributed by atoms with van der Waals surface area (Å²) in [6.07, 6.45) is -0.434. The molecule has 0 heterocycles. The van der Waals surface area contributed by atoms with Gasteiger partial charge in [-0.15, -0.1) is 0 Å². The summed E-state index contributed by atoms with van der Waals surface area (Å²) in [5, 5.41) is 26.4. The minimum atomic E-state index is -1.44. The van der Waals surface area contributed by atoms with E-state index in [1.54, 1.807) is 0 Å². The number of aliphatic carboxylic acids is 1. The van der Waals surface area contributed by atoms with Crippen molar-refractivity contribution in [3.05, 3.63) is 0 Å². The third-order valence-corrected chi connectivity index (χ3v) is 5.11. The lowest BCUT2D eigenvalue weighted by Gasteiger charge is -2.25. The Morgan fingerprint density at radius 1 is 0.833 bits per heavy atom. The molecule has 0 saturated carbocycles. The molecule has 0 aromatic carbocycles. The summed E-state index contributed by atoms with van der Waals surface area (Å²) in [5.74, 6) is -4.14. The number of nitrogens with one attached hydrogen (secondary N) is 3. The first-order valence-corrected chi connectivity index (χ1v) is 11.7. The second-order valence-electron chi connectivity index (χ2n) is 7.87. The van der Waals surface area contributed by atoms with Crippen LogP contribution in [0.4, 0.5) is 0 Å². The molecular weight excluding hydrogens is 496 g/mol. The number of carboxylic acid groups (broad SMARTS) is 1. The summed E-state index contributed by atoms with van der Waals surface area (Å²) in [6, 6.07) is -4.97. The zero-order valence-corrected chi connectivity index (χ0v) is 21.0. The number of carbonyl (C=O) groups is 4. The molecule has 16 nitrogen and oxygen atoms in total. The Bertz CT molecular complexity index is 802. The van der Waals surface area contributed by atoms with Crippen LogP contribution >= 0.6 is 12.6 Å². The van der Waals surface area contributed by atoms with Crippen LogP contribution in [0.25, 0.3) is 0 Å². The van der Waals surface area contributed by atoms with Crippen molar-refractivity contribution in [1.82, 2.24) is 16.0 Å². The van der Waals surface area contributed by atoms with Gasteiger partial charge >= 0.3 is 5.97 Å². The SMILES string of the molecule is CC(O)C(NC(=O)C(N)CCCN=C(N)N)C(=O)NC(CS)C(=O)NC(CCCN=C(N)N)C(=O)O. The molecule has 0 rings (SSSR count). The molecule has 0 fully saturated rings. The average molecular weight is 535 g/mol. The smallest absolute Gasteiger partial charge is 0.326 e. The minimum absolute atomic E-state index is 0.0263. The van der Waals surface area contributed by atoms with Gasteiger partial charge < -0.3 is 54.8 Å². The molecule has 0 bridgehead atoms. The number of hydrogen-bond acceptors (Lipinski definition) is 9. The predicted octanol–water partition coefficient (Wildman–Crippen LogP) is -4.73. The molecule has 5 atom stereocenters. The Kier molecular flexibility index (Phi) is 15.6. The number of amides is 3. The molecule has 15 N–H and O–H groups in total. The largest absolute Gasteiger partial charge is 0.480 e. The van der Waals surface area contributed by atoms with E-state index in [-0.39, 0.29) is 50.0 Å². The van der Waals surface area contributed by atoms with Crippen LogP contribution in [-0.4, -0.2) is 94.9 Å². The Morgan fingerprint density at radius 3 is 1.78 bits per heavy atom. The number of hydrogen-bond donors (Lipinski definition) is 11. The fourth-order valence-electron chi connectivity index (χ4n) is 2.80. The molecule has 3 amide bonds. The van der Waals surface area contributed by atoms with Crippen molar-refractivity contribution in [3.8, 4) is 0 Å². The van der Waals surface area contributed by atoms with Crippen LogP contribution in [0, 0.1) is 0 Å². The number of aliphatic hydroxyl groups excluding tert-OH is 1. The van der Waals surface area contributed by atoms with Crippen molar-refractivity contribution in [2.45, 2.75) is 62.9 Å². The lowest BCUT2D eigenvalue weighted by molar-refractivity contribution is -0.142. The number of nitrogens with zero attached hydrogens (tertiary/aromatic N) is 2. The highest BCUT2D eigenvalue weighted by Gasteiger charge is 2.31. The molecule has 206 valence electrons. The van der Waals surface area contributed by atoms with E-state index < -0.39 is 54.0 Å². The number of aliphatic imine (C=N–C) groups is 2. The molecular formula is C19H38N10O6S. The summed E-state index contributed by atoms with van der Waals surface area (Å²) >= 11 is 4.03. The van der Waals surface area contributed by atoms with Gasteiger partial charge in [-0.05, 0) is 32.6 Å². The van der Waals surface area contributed by atoms with E-state index in [1.165, 1.54) is 6.92 Å². The molecule has 0 aliphatic carbocycles. The highest BCUT2D eigenvalue weighted by atomic mass is 32.1. The van der Waals surface area contributed by atoms with Gasteiger partial charge in [0.15, 0.2) is 11.9 Å². The van der Waals surface area contributed by atoms with Crippen molar-refractivity contribution in [2.75, 3.05) is 18.8 Å². The van der Waals surface area contributed by atoms with Gasteiger partial charge in [0.05, 0.1) is 12.1 Å². The van der Waals surface area contributed by atoms with E-state index in [9.17, 15) is 29.4 Å². The molecule has 0 aliphatic heterocycles. The highest BCUT2D eigenvalue weighted by Crippen LogP contribution is 2.03. The van der Waals surface area contributed by atoms with E-state index in [0.29, 0.717) is 6.42 Å². The van der Waals surface area contributed by atoms with Crippen LogP contribution in [0.3, 0.4) is 0 Å². The van der Waals surface area contributed by atoms with Crippen molar-refractivity contribution in [1.29, 1.82) is 0 Å². The first kappa shape index (κ1) is 32.7. The van der Waals surface area contributed by atoms with Gasteiger partial charge in [-0.25, -0.2) is 4.79 Å². The average Bonchev–Trinajstić information content (AvgIpc) is 2.79. The molecule has 0 aliphatic rings. The molecule has 5 unspecified atom stereocenters. The van der Waals surface area contributed by atoms with Crippen LogP contribution in [0.15, 0.2) is 9.98 Å². The Hall–Kier alpha value is -3.31. The topological polar surface area (TPSA) is 300 Å². The predicted molar refractivity (Wildman–Crippen MR) is 137 cm³/mol. The van der Waals surface area contributed by atoms with Crippen molar-refractivity contribution >= 4 is 48.2 Å². The van der Waals surface area contributed by atoms with Gasteiger partial charge in [0, 0.05) is 18.8 Å². The number of nitrogens with two attached hydrogens (primary N) is 5. The summed E-state index contributed by atoms with van der Waals surface area (Å²) in [5.41, 5.74) is 26.7.